The Labute approximate surface area is 176 Å². The molecule has 0 radical (unpaired) electrons. The molecule has 0 aromatic heterocycles. The summed E-state index contributed by atoms with van der Waals surface area (Å²) >= 11 is 0. The number of benzene rings is 1. The van der Waals surface area contributed by atoms with Gasteiger partial charge in [-0.25, -0.2) is 23.1 Å². The SMILES string of the molecule is CC(C)(C)C1CCC2(C=C(OC(=O)Nc3cc(NS(C)(=O)=O)ccc3F)NO2)CC1. The molecule has 166 valence electrons. The van der Waals surface area contributed by atoms with E-state index in [1.54, 1.807) is 6.08 Å². The highest BCUT2D eigenvalue weighted by Gasteiger charge is 2.42. The fourth-order valence-electron chi connectivity index (χ4n) is 3.85. The van der Waals surface area contributed by atoms with Crippen molar-refractivity contribution in [3.05, 3.63) is 36.0 Å². The van der Waals surface area contributed by atoms with Crippen LogP contribution >= 0.6 is 0 Å². The highest BCUT2D eigenvalue weighted by molar-refractivity contribution is 7.92. The number of nitrogens with one attached hydrogen (secondary N) is 3. The Morgan fingerprint density at radius 3 is 2.57 bits per heavy atom. The number of hydrogen-bond acceptors (Lipinski definition) is 6. The van der Waals surface area contributed by atoms with E-state index in [4.69, 9.17) is 9.57 Å². The summed E-state index contributed by atoms with van der Waals surface area (Å²) in [5, 5.41) is 2.27. The van der Waals surface area contributed by atoms with Gasteiger partial charge in [0.2, 0.25) is 15.9 Å². The maximum Gasteiger partial charge on any atom is 0.418 e. The molecule has 2 aliphatic rings. The fourth-order valence-corrected chi connectivity index (χ4v) is 4.41. The lowest BCUT2D eigenvalue weighted by Gasteiger charge is -2.40. The molecule has 1 fully saturated rings. The Bertz CT molecular complexity index is 948. The maximum atomic E-state index is 14.0. The van der Waals surface area contributed by atoms with E-state index < -0.39 is 27.5 Å². The van der Waals surface area contributed by atoms with Gasteiger partial charge in [0.05, 0.1) is 17.6 Å². The van der Waals surface area contributed by atoms with Gasteiger partial charge in [0, 0.05) is 6.08 Å². The van der Waals surface area contributed by atoms with Gasteiger partial charge in [0.15, 0.2) is 0 Å². The van der Waals surface area contributed by atoms with Crippen LogP contribution in [0.15, 0.2) is 30.2 Å². The molecule has 1 spiro atoms. The molecule has 1 aliphatic carbocycles. The lowest BCUT2D eigenvalue weighted by Crippen LogP contribution is -2.37. The van der Waals surface area contributed by atoms with Crippen molar-refractivity contribution in [3.8, 4) is 0 Å². The molecule has 1 aromatic carbocycles. The first kappa shape index (κ1) is 22.4. The highest BCUT2D eigenvalue weighted by atomic mass is 32.2. The predicted octanol–water partition coefficient (Wildman–Crippen LogP) is 4.10. The quantitative estimate of drug-likeness (QED) is 0.650. The fraction of sp³-hybridized carbons (Fsp3) is 0.550. The highest BCUT2D eigenvalue weighted by Crippen LogP contribution is 2.44. The largest absolute Gasteiger partial charge is 0.418 e. The summed E-state index contributed by atoms with van der Waals surface area (Å²) in [6.07, 6.45) is 5.44. The average molecular weight is 442 g/mol. The van der Waals surface area contributed by atoms with Crippen LogP contribution in [-0.4, -0.2) is 26.4 Å². The van der Waals surface area contributed by atoms with Gasteiger partial charge in [-0.1, -0.05) is 20.8 Å². The van der Waals surface area contributed by atoms with Crippen LogP contribution in [0.25, 0.3) is 0 Å². The summed E-state index contributed by atoms with van der Waals surface area (Å²) in [6, 6.07) is 3.46. The number of amides is 1. The van der Waals surface area contributed by atoms with Crippen molar-refractivity contribution >= 4 is 27.5 Å². The number of anilines is 2. The molecule has 3 rings (SSSR count). The lowest BCUT2D eigenvalue weighted by molar-refractivity contribution is -0.0822. The van der Waals surface area contributed by atoms with Crippen molar-refractivity contribution in [2.24, 2.45) is 11.3 Å². The van der Waals surface area contributed by atoms with Crippen LogP contribution in [0.4, 0.5) is 20.6 Å². The van der Waals surface area contributed by atoms with E-state index in [0.29, 0.717) is 5.92 Å². The van der Waals surface area contributed by atoms with Crippen molar-refractivity contribution in [2.45, 2.75) is 52.1 Å². The first-order chi connectivity index (χ1) is 13.9. The molecular weight excluding hydrogens is 413 g/mol. The zero-order valence-corrected chi connectivity index (χ0v) is 18.4. The van der Waals surface area contributed by atoms with Gasteiger partial charge in [0.25, 0.3) is 0 Å². The second-order valence-electron chi connectivity index (χ2n) is 9.00. The molecule has 0 unspecified atom stereocenters. The summed E-state index contributed by atoms with van der Waals surface area (Å²) in [7, 11) is -3.54. The normalized spacial score (nSPS) is 24.2. The van der Waals surface area contributed by atoms with Crippen LogP contribution in [0, 0.1) is 17.2 Å². The van der Waals surface area contributed by atoms with E-state index in [1.807, 2.05) is 0 Å². The van der Waals surface area contributed by atoms with Gasteiger partial charge in [-0.05, 0) is 55.2 Å². The Hall–Kier alpha value is -2.33. The number of carbonyl (C=O) groups is 1. The Morgan fingerprint density at radius 1 is 1.30 bits per heavy atom. The molecule has 3 N–H and O–H groups in total. The summed E-state index contributed by atoms with van der Waals surface area (Å²) in [5.74, 6) is 0.0179. The molecule has 30 heavy (non-hydrogen) atoms. The number of hydroxylamine groups is 1. The van der Waals surface area contributed by atoms with Gasteiger partial charge >= 0.3 is 6.09 Å². The van der Waals surface area contributed by atoms with E-state index >= 15 is 0 Å². The van der Waals surface area contributed by atoms with E-state index in [9.17, 15) is 17.6 Å². The second kappa shape index (κ2) is 8.07. The average Bonchev–Trinajstić information content (AvgIpc) is 2.98. The molecule has 0 bridgehead atoms. The number of sulfonamides is 1. The van der Waals surface area contributed by atoms with Crippen LogP contribution in [0.1, 0.15) is 46.5 Å². The minimum absolute atomic E-state index is 0.116. The zero-order valence-electron chi connectivity index (χ0n) is 17.5. The van der Waals surface area contributed by atoms with Crippen molar-refractivity contribution in [1.82, 2.24) is 5.48 Å². The number of ether oxygens (including phenoxy) is 1. The first-order valence-electron chi connectivity index (χ1n) is 9.78. The van der Waals surface area contributed by atoms with Crippen molar-refractivity contribution < 1.29 is 27.2 Å². The monoisotopic (exact) mass is 441 g/mol. The van der Waals surface area contributed by atoms with E-state index in [2.05, 4.69) is 36.3 Å². The summed E-state index contributed by atoms with van der Waals surface area (Å²) < 4.78 is 44.1. The molecule has 0 atom stereocenters. The second-order valence-corrected chi connectivity index (χ2v) is 10.7. The number of halogens is 1. The zero-order chi connectivity index (χ0) is 22.2. The van der Waals surface area contributed by atoms with Gasteiger partial charge in [-0.2, -0.15) is 0 Å². The third kappa shape index (κ3) is 5.63. The van der Waals surface area contributed by atoms with Gasteiger partial charge in [0.1, 0.15) is 11.4 Å². The Kier molecular flexibility index (Phi) is 6.01. The van der Waals surface area contributed by atoms with Crippen LogP contribution < -0.4 is 15.5 Å². The lowest BCUT2D eigenvalue weighted by atomic mass is 9.68. The molecule has 10 heteroatoms. The van der Waals surface area contributed by atoms with Crippen molar-refractivity contribution in [1.29, 1.82) is 0 Å². The molecule has 1 aromatic rings. The summed E-state index contributed by atoms with van der Waals surface area (Å²) in [6.45, 7) is 6.70. The molecule has 1 amide bonds. The Morgan fingerprint density at radius 2 is 1.97 bits per heavy atom. The molecular formula is C20H28FN3O5S. The predicted molar refractivity (Wildman–Crippen MR) is 111 cm³/mol. The van der Waals surface area contributed by atoms with Crippen molar-refractivity contribution in [2.75, 3.05) is 16.3 Å². The molecule has 1 heterocycles. The summed E-state index contributed by atoms with van der Waals surface area (Å²) in [5.41, 5.74) is 2.26. The van der Waals surface area contributed by atoms with Crippen molar-refractivity contribution in [3.63, 3.8) is 0 Å². The standard InChI is InChI=1S/C20H28FN3O5S/c1-19(2,3)13-7-9-20(10-8-13)12-17(23-29-20)28-18(25)22-16-11-14(5-6-15(16)21)24-30(4,26)27/h5-6,11-13,23-24H,7-10H2,1-4H3,(H,22,25). The topological polar surface area (TPSA) is 106 Å². The smallest absolute Gasteiger partial charge is 0.391 e. The van der Waals surface area contributed by atoms with Crippen LogP contribution in [0.2, 0.25) is 0 Å². The third-order valence-corrected chi connectivity index (χ3v) is 6.12. The number of rotatable bonds is 4. The van der Waals surface area contributed by atoms with E-state index in [1.165, 1.54) is 12.1 Å². The Balaban J connectivity index is 1.61. The van der Waals surface area contributed by atoms with E-state index in [-0.39, 0.29) is 22.7 Å². The minimum atomic E-state index is -3.54. The van der Waals surface area contributed by atoms with Crippen LogP contribution in [0.5, 0.6) is 0 Å². The van der Waals surface area contributed by atoms with Gasteiger partial charge in [-0.3, -0.25) is 14.9 Å². The number of carbonyl (C=O) groups excluding carboxylic acids is 1. The molecule has 1 saturated carbocycles. The first-order valence-corrected chi connectivity index (χ1v) is 11.7. The molecule has 0 saturated heterocycles. The van der Waals surface area contributed by atoms with Crippen LogP contribution in [0.3, 0.4) is 0 Å². The minimum Gasteiger partial charge on any atom is -0.391 e. The molecule has 8 nitrogen and oxygen atoms in total. The van der Waals surface area contributed by atoms with E-state index in [0.717, 1.165) is 38.0 Å². The van der Waals surface area contributed by atoms with Gasteiger partial charge < -0.3 is 4.74 Å². The van der Waals surface area contributed by atoms with Gasteiger partial charge in [-0.15, -0.1) is 0 Å². The summed E-state index contributed by atoms with van der Waals surface area (Å²) in [4.78, 5) is 17.9. The van der Waals surface area contributed by atoms with Crippen LogP contribution in [-0.2, 0) is 19.6 Å². The number of hydrogen-bond donors (Lipinski definition) is 3. The third-order valence-electron chi connectivity index (χ3n) is 5.51. The molecule has 1 aliphatic heterocycles. The maximum absolute atomic E-state index is 14.0.